The van der Waals surface area contributed by atoms with Crippen LogP contribution < -0.4 is 4.74 Å². The summed E-state index contributed by atoms with van der Waals surface area (Å²) in [7, 11) is 0. The first kappa shape index (κ1) is 14.4. The number of benzene rings is 2. The van der Waals surface area contributed by atoms with Gasteiger partial charge in [0, 0.05) is 22.6 Å². The van der Waals surface area contributed by atoms with Crippen LogP contribution in [0.4, 0.5) is 0 Å². The lowest BCUT2D eigenvalue weighted by molar-refractivity contribution is -0.144. The van der Waals surface area contributed by atoms with Crippen LogP contribution in [-0.2, 0) is 11.2 Å². The molecule has 1 aliphatic heterocycles. The Morgan fingerprint density at radius 3 is 2.70 bits per heavy atom. The molecule has 1 N–H and O–H groups in total. The minimum absolute atomic E-state index is 0.191. The molecule has 23 heavy (non-hydrogen) atoms. The topological polar surface area (TPSA) is 72.6 Å². The lowest BCUT2D eigenvalue weighted by atomic mass is 10.0. The summed E-state index contributed by atoms with van der Waals surface area (Å²) in [6.07, 6.45) is -0.769. The number of fused-ring (bicyclic) bond motifs is 3. The van der Waals surface area contributed by atoms with E-state index in [0.29, 0.717) is 38.0 Å². The summed E-state index contributed by atoms with van der Waals surface area (Å²) in [5, 5.41) is 14.9. The first-order chi connectivity index (χ1) is 11.0. The van der Waals surface area contributed by atoms with Gasteiger partial charge in [0.05, 0.1) is 10.4 Å². The molecule has 0 saturated heterocycles. The average molecular weight is 350 g/mol. The van der Waals surface area contributed by atoms with Gasteiger partial charge in [0.2, 0.25) is 0 Å². The number of carbonyl (C=O) groups is 1. The maximum absolute atomic E-state index is 11.1. The van der Waals surface area contributed by atoms with Gasteiger partial charge in [-0.3, -0.25) is 0 Å². The molecule has 2 aromatic carbocycles. The van der Waals surface area contributed by atoms with Gasteiger partial charge in [-0.25, -0.2) is 4.79 Å². The highest BCUT2D eigenvalue weighted by Crippen LogP contribution is 2.43. The van der Waals surface area contributed by atoms with E-state index < -0.39 is 12.1 Å². The van der Waals surface area contributed by atoms with Crippen LogP contribution >= 0.6 is 23.2 Å². The number of nitrogens with zero attached hydrogens (tertiary/aromatic N) is 1. The van der Waals surface area contributed by atoms with E-state index in [2.05, 4.69) is 5.16 Å². The van der Waals surface area contributed by atoms with Crippen molar-refractivity contribution in [2.45, 2.75) is 12.5 Å². The predicted molar refractivity (Wildman–Crippen MR) is 85.2 cm³/mol. The lowest BCUT2D eigenvalue weighted by Crippen LogP contribution is -2.24. The number of hydrogen-bond acceptors (Lipinski definition) is 4. The van der Waals surface area contributed by atoms with Crippen molar-refractivity contribution in [2.75, 3.05) is 0 Å². The Hall–Kier alpha value is -2.24. The maximum Gasteiger partial charge on any atom is 0.345 e. The van der Waals surface area contributed by atoms with Crippen molar-refractivity contribution < 1.29 is 19.2 Å². The molecule has 0 bridgehead atoms. The van der Waals surface area contributed by atoms with Crippen LogP contribution in [0.15, 0.2) is 34.9 Å². The Kier molecular flexibility index (Phi) is 3.21. The predicted octanol–water partition coefficient (Wildman–Crippen LogP) is 4.19. The maximum atomic E-state index is 11.1. The number of hydrogen-bond donors (Lipinski definition) is 1. The molecule has 5 nitrogen and oxygen atoms in total. The number of carboxylic acids is 1. The SMILES string of the molecule is O=C(O)C1Cc2c(c(Cl)cc3c(-c4ccc(Cl)cc4)noc23)O1. The van der Waals surface area contributed by atoms with E-state index in [0.717, 1.165) is 5.56 Å². The van der Waals surface area contributed by atoms with E-state index in [1.807, 2.05) is 12.1 Å². The van der Waals surface area contributed by atoms with Gasteiger partial charge < -0.3 is 14.4 Å². The molecule has 4 rings (SSSR count). The first-order valence-corrected chi connectivity index (χ1v) is 7.56. The van der Waals surface area contributed by atoms with Crippen LogP contribution in [0.2, 0.25) is 10.0 Å². The molecular weight excluding hydrogens is 341 g/mol. The molecule has 1 atom stereocenters. The van der Waals surface area contributed by atoms with Crippen molar-refractivity contribution in [1.29, 1.82) is 0 Å². The van der Waals surface area contributed by atoms with Gasteiger partial charge in [-0.1, -0.05) is 40.5 Å². The van der Waals surface area contributed by atoms with Crippen LogP contribution in [0.25, 0.3) is 22.2 Å². The Morgan fingerprint density at radius 1 is 1.26 bits per heavy atom. The summed E-state index contributed by atoms with van der Waals surface area (Å²) < 4.78 is 10.8. The molecule has 0 amide bonds. The quantitative estimate of drug-likeness (QED) is 0.750. The molecule has 0 aliphatic carbocycles. The Labute approximate surface area is 140 Å². The van der Waals surface area contributed by atoms with Gasteiger partial charge in [-0.15, -0.1) is 0 Å². The summed E-state index contributed by atoms with van der Waals surface area (Å²) in [6, 6.07) is 8.86. The molecule has 0 radical (unpaired) electrons. The van der Waals surface area contributed by atoms with Gasteiger partial charge in [0.1, 0.15) is 11.4 Å². The Morgan fingerprint density at radius 2 is 2.00 bits per heavy atom. The first-order valence-electron chi connectivity index (χ1n) is 6.81. The number of aromatic nitrogens is 1. The number of rotatable bonds is 2. The van der Waals surface area contributed by atoms with E-state index in [1.54, 1.807) is 18.2 Å². The van der Waals surface area contributed by atoms with Crippen molar-refractivity contribution >= 4 is 40.1 Å². The molecule has 2 heterocycles. The molecule has 3 aromatic rings. The van der Waals surface area contributed by atoms with E-state index in [-0.39, 0.29) is 6.42 Å². The highest BCUT2D eigenvalue weighted by molar-refractivity contribution is 6.33. The van der Waals surface area contributed by atoms with Gasteiger partial charge in [-0.2, -0.15) is 0 Å². The zero-order valence-corrected chi connectivity index (χ0v) is 13.1. The van der Waals surface area contributed by atoms with Crippen LogP contribution in [0.3, 0.4) is 0 Å². The minimum atomic E-state index is -1.04. The van der Waals surface area contributed by atoms with Gasteiger partial charge >= 0.3 is 5.97 Å². The highest BCUT2D eigenvalue weighted by Gasteiger charge is 2.34. The normalized spacial score (nSPS) is 16.3. The third-order valence-electron chi connectivity index (χ3n) is 3.81. The van der Waals surface area contributed by atoms with E-state index in [4.69, 9.17) is 37.6 Å². The van der Waals surface area contributed by atoms with Crippen LogP contribution in [0.5, 0.6) is 5.75 Å². The molecule has 7 heteroatoms. The van der Waals surface area contributed by atoms with E-state index >= 15 is 0 Å². The second-order valence-corrected chi connectivity index (χ2v) is 6.07. The zero-order chi connectivity index (χ0) is 16.1. The minimum Gasteiger partial charge on any atom is -0.478 e. The number of aliphatic carboxylic acids is 1. The summed E-state index contributed by atoms with van der Waals surface area (Å²) in [6.45, 7) is 0. The lowest BCUT2D eigenvalue weighted by Gasteiger charge is -2.05. The molecule has 0 spiro atoms. The fourth-order valence-electron chi connectivity index (χ4n) is 2.72. The van der Waals surface area contributed by atoms with Crippen molar-refractivity contribution in [2.24, 2.45) is 0 Å². The van der Waals surface area contributed by atoms with Crippen molar-refractivity contribution in [3.05, 3.63) is 45.9 Å². The van der Waals surface area contributed by atoms with Crippen LogP contribution in [0.1, 0.15) is 5.56 Å². The largest absolute Gasteiger partial charge is 0.478 e. The second kappa shape index (κ2) is 5.15. The van der Waals surface area contributed by atoms with E-state index in [1.165, 1.54) is 0 Å². The summed E-state index contributed by atoms with van der Waals surface area (Å²) in [5.41, 5.74) is 2.59. The highest BCUT2D eigenvalue weighted by atomic mass is 35.5. The molecule has 1 aliphatic rings. The summed E-state index contributed by atoms with van der Waals surface area (Å²) >= 11 is 12.2. The van der Waals surface area contributed by atoms with Gasteiger partial charge in [0.15, 0.2) is 11.7 Å². The number of carboxylic acid groups (broad SMARTS) is 1. The third-order valence-corrected chi connectivity index (χ3v) is 4.34. The summed E-state index contributed by atoms with van der Waals surface area (Å²) in [4.78, 5) is 11.1. The van der Waals surface area contributed by atoms with Gasteiger partial charge in [-0.05, 0) is 18.2 Å². The van der Waals surface area contributed by atoms with Crippen molar-refractivity contribution in [3.8, 4) is 17.0 Å². The molecule has 116 valence electrons. The molecule has 0 fully saturated rings. The number of ether oxygens (including phenoxy) is 1. The van der Waals surface area contributed by atoms with Crippen molar-refractivity contribution in [3.63, 3.8) is 0 Å². The zero-order valence-electron chi connectivity index (χ0n) is 11.5. The molecule has 1 unspecified atom stereocenters. The van der Waals surface area contributed by atoms with Crippen LogP contribution in [0, 0.1) is 0 Å². The smallest absolute Gasteiger partial charge is 0.345 e. The Bertz CT molecular complexity index is 933. The molecule has 0 saturated carbocycles. The van der Waals surface area contributed by atoms with Crippen LogP contribution in [-0.4, -0.2) is 22.3 Å². The fourth-order valence-corrected chi connectivity index (χ4v) is 3.12. The monoisotopic (exact) mass is 349 g/mol. The molecule has 1 aromatic heterocycles. The average Bonchev–Trinajstić information content (AvgIpc) is 3.12. The standard InChI is InChI=1S/C16H9Cl2NO4/c17-8-3-1-7(2-4-8)13-9-5-11(18)15-10(14(9)23-19-13)6-12(22-15)16(20)21/h1-5,12H,6H2,(H,20,21). The summed E-state index contributed by atoms with van der Waals surface area (Å²) in [5.74, 6) is -0.687. The third kappa shape index (κ3) is 2.24. The second-order valence-electron chi connectivity index (χ2n) is 5.23. The molecular formula is C16H9Cl2NO4. The van der Waals surface area contributed by atoms with E-state index in [9.17, 15) is 4.79 Å². The van der Waals surface area contributed by atoms with Gasteiger partial charge in [0.25, 0.3) is 0 Å². The fraction of sp³-hybridized carbons (Fsp3) is 0.125. The van der Waals surface area contributed by atoms with Crippen molar-refractivity contribution in [1.82, 2.24) is 5.16 Å². The Balaban J connectivity index is 1.89. The number of halogens is 2.